The fourth-order valence-corrected chi connectivity index (χ4v) is 2.87. The molecule has 2 saturated heterocycles. The zero-order valence-corrected chi connectivity index (χ0v) is 10.3. The van der Waals surface area contributed by atoms with Crippen molar-refractivity contribution >= 4 is 5.97 Å². The average Bonchev–Trinajstić information content (AvgIpc) is 2.14. The van der Waals surface area contributed by atoms with Crippen LogP contribution in [0, 0.1) is 5.41 Å². The first-order chi connectivity index (χ1) is 7.51. The largest absolute Gasteiger partial charge is 0.480 e. The van der Waals surface area contributed by atoms with Crippen molar-refractivity contribution in [3.05, 3.63) is 0 Å². The smallest absolute Gasteiger partial charge is 0.317 e. The van der Waals surface area contributed by atoms with Crippen LogP contribution in [0.1, 0.15) is 26.7 Å². The third-order valence-corrected chi connectivity index (χ3v) is 4.08. The first-order valence-corrected chi connectivity index (χ1v) is 6.19. The second kappa shape index (κ2) is 4.34. The van der Waals surface area contributed by atoms with Gasteiger partial charge in [0.2, 0.25) is 0 Å². The van der Waals surface area contributed by atoms with E-state index in [1.165, 1.54) is 25.9 Å². The van der Waals surface area contributed by atoms with Crippen molar-refractivity contribution in [3.8, 4) is 0 Å². The Kier molecular flexibility index (Phi) is 3.22. The van der Waals surface area contributed by atoms with Gasteiger partial charge >= 0.3 is 5.97 Å². The van der Waals surface area contributed by atoms with Gasteiger partial charge < -0.3 is 5.11 Å². The van der Waals surface area contributed by atoms with Gasteiger partial charge in [0.25, 0.3) is 0 Å². The molecule has 1 spiro atoms. The summed E-state index contributed by atoms with van der Waals surface area (Å²) in [5.41, 5.74) is 0.513. The van der Waals surface area contributed by atoms with E-state index in [9.17, 15) is 4.79 Å². The molecule has 0 aliphatic carbocycles. The minimum absolute atomic E-state index is 0.212. The lowest BCUT2D eigenvalue weighted by Gasteiger charge is -2.55. The summed E-state index contributed by atoms with van der Waals surface area (Å²) in [4.78, 5) is 15.2. The van der Waals surface area contributed by atoms with Gasteiger partial charge in [-0.3, -0.25) is 14.6 Å². The first-order valence-electron chi connectivity index (χ1n) is 6.19. The quantitative estimate of drug-likeness (QED) is 0.776. The highest BCUT2D eigenvalue weighted by Gasteiger charge is 2.45. The Morgan fingerprint density at radius 2 is 1.88 bits per heavy atom. The van der Waals surface area contributed by atoms with Crippen molar-refractivity contribution in [1.82, 2.24) is 9.80 Å². The van der Waals surface area contributed by atoms with Crippen molar-refractivity contribution in [2.45, 2.75) is 32.7 Å². The van der Waals surface area contributed by atoms with Crippen LogP contribution in [0.4, 0.5) is 0 Å². The third kappa shape index (κ3) is 2.38. The summed E-state index contributed by atoms with van der Waals surface area (Å²) in [5, 5.41) is 8.73. The van der Waals surface area contributed by atoms with E-state index >= 15 is 0 Å². The van der Waals surface area contributed by atoms with E-state index in [-0.39, 0.29) is 6.54 Å². The Hall–Kier alpha value is -0.610. The molecular formula is C12H22N2O2. The molecule has 0 aromatic rings. The second-order valence-electron chi connectivity index (χ2n) is 5.67. The molecule has 16 heavy (non-hydrogen) atoms. The lowest BCUT2D eigenvalue weighted by atomic mass is 9.71. The average molecular weight is 226 g/mol. The van der Waals surface area contributed by atoms with E-state index in [1.54, 1.807) is 0 Å². The summed E-state index contributed by atoms with van der Waals surface area (Å²) in [6, 6.07) is 0.655. The molecule has 92 valence electrons. The third-order valence-electron chi connectivity index (χ3n) is 4.08. The van der Waals surface area contributed by atoms with Crippen LogP contribution in [-0.2, 0) is 4.79 Å². The lowest BCUT2D eigenvalue weighted by Crippen LogP contribution is -2.62. The summed E-state index contributed by atoms with van der Waals surface area (Å²) < 4.78 is 0. The molecule has 0 aromatic carbocycles. The molecule has 2 heterocycles. The summed E-state index contributed by atoms with van der Waals surface area (Å²) in [5.74, 6) is -0.701. The number of aliphatic carboxylic acids is 1. The monoisotopic (exact) mass is 226 g/mol. The fourth-order valence-electron chi connectivity index (χ4n) is 2.87. The van der Waals surface area contributed by atoms with Gasteiger partial charge in [-0.25, -0.2) is 0 Å². The zero-order valence-electron chi connectivity index (χ0n) is 10.3. The Labute approximate surface area is 97.2 Å². The summed E-state index contributed by atoms with van der Waals surface area (Å²) in [6.45, 7) is 9.04. The van der Waals surface area contributed by atoms with Crippen LogP contribution in [0.15, 0.2) is 0 Å². The van der Waals surface area contributed by atoms with E-state index in [2.05, 4.69) is 23.6 Å². The van der Waals surface area contributed by atoms with E-state index in [0.29, 0.717) is 11.5 Å². The molecule has 4 heteroatoms. The molecule has 0 bridgehead atoms. The van der Waals surface area contributed by atoms with E-state index < -0.39 is 5.97 Å². The van der Waals surface area contributed by atoms with E-state index in [0.717, 1.165) is 13.1 Å². The number of carbonyl (C=O) groups is 1. The maximum atomic E-state index is 10.6. The number of piperidine rings is 1. The number of likely N-dealkylation sites (tertiary alicyclic amines) is 2. The molecule has 0 saturated carbocycles. The van der Waals surface area contributed by atoms with Crippen LogP contribution in [-0.4, -0.2) is 59.6 Å². The molecule has 2 aliphatic heterocycles. The molecule has 0 unspecified atom stereocenters. The molecule has 0 aromatic heterocycles. The Balaban J connectivity index is 1.76. The highest BCUT2D eigenvalue weighted by atomic mass is 16.4. The van der Waals surface area contributed by atoms with Crippen molar-refractivity contribution < 1.29 is 9.90 Å². The van der Waals surface area contributed by atoms with Crippen LogP contribution < -0.4 is 0 Å². The standard InChI is InChI=1S/C12H22N2O2/c1-10(2)14-8-12(9-14)3-5-13(6-4-12)7-11(15)16/h10H,3-9H2,1-2H3,(H,15,16). The van der Waals surface area contributed by atoms with Crippen molar-refractivity contribution in [2.75, 3.05) is 32.7 Å². The van der Waals surface area contributed by atoms with Gasteiger partial charge in [0.15, 0.2) is 0 Å². The predicted octanol–water partition coefficient (Wildman–Crippen LogP) is 0.877. The number of carboxylic acids is 1. The van der Waals surface area contributed by atoms with Crippen LogP contribution in [0.3, 0.4) is 0 Å². The first kappa shape index (κ1) is 11.9. The molecule has 0 radical (unpaired) electrons. The van der Waals surface area contributed by atoms with Gasteiger partial charge in [-0.1, -0.05) is 0 Å². The number of carboxylic acid groups (broad SMARTS) is 1. The molecule has 2 rings (SSSR count). The van der Waals surface area contributed by atoms with Gasteiger partial charge in [0.05, 0.1) is 6.54 Å². The number of rotatable bonds is 3. The second-order valence-corrected chi connectivity index (χ2v) is 5.67. The van der Waals surface area contributed by atoms with Crippen LogP contribution in [0.25, 0.3) is 0 Å². The summed E-state index contributed by atoms with van der Waals surface area (Å²) in [7, 11) is 0. The molecule has 2 aliphatic rings. The summed E-state index contributed by atoms with van der Waals surface area (Å²) >= 11 is 0. The highest BCUT2D eigenvalue weighted by molar-refractivity contribution is 5.69. The minimum Gasteiger partial charge on any atom is -0.480 e. The normalized spacial score (nSPS) is 25.9. The molecule has 1 N–H and O–H groups in total. The van der Waals surface area contributed by atoms with Crippen molar-refractivity contribution in [1.29, 1.82) is 0 Å². The van der Waals surface area contributed by atoms with Gasteiger partial charge in [-0.05, 0) is 45.2 Å². The van der Waals surface area contributed by atoms with Gasteiger partial charge in [0, 0.05) is 19.1 Å². The highest BCUT2D eigenvalue weighted by Crippen LogP contribution is 2.41. The van der Waals surface area contributed by atoms with Crippen LogP contribution in [0.2, 0.25) is 0 Å². The van der Waals surface area contributed by atoms with Crippen LogP contribution in [0.5, 0.6) is 0 Å². The summed E-state index contributed by atoms with van der Waals surface area (Å²) in [6.07, 6.45) is 2.34. The molecule has 0 amide bonds. The van der Waals surface area contributed by atoms with Crippen molar-refractivity contribution in [3.63, 3.8) is 0 Å². The molecule has 0 atom stereocenters. The fraction of sp³-hybridized carbons (Fsp3) is 0.917. The Bertz CT molecular complexity index is 262. The number of hydrogen-bond donors (Lipinski definition) is 1. The minimum atomic E-state index is -0.701. The van der Waals surface area contributed by atoms with Gasteiger partial charge in [-0.15, -0.1) is 0 Å². The maximum absolute atomic E-state index is 10.6. The van der Waals surface area contributed by atoms with E-state index in [1.807, 2.05) is 0 Å². The lowest BCUT2D eigenvalue weighted by molar-refractivity contribution is -0.139. The van der Waals surface area contributed by atoms with Crippen molar-refractivity contribution in [2.24, 2.45) is 5.41 Å². The Morgan fingerprint density at radius 3 is 2.31 bits per heavy atom. The predicted molar refractivity (Wildman–Crippen MR) is 62.5 cm³/mol. The molecule has 4 nitrogen and oxygen atoms in total. The topological polar surface area (TPSA) is 43.8 Å². The molecule has 2 fully saturated rings. The van der Waals surface area contributed by atoms with Gasteiger partial charge in [-0.2, -0.15) is 0 Å². The van der Waals surface area contributed by atoms with E-state index in [4.69, 9.17) is 5.11 Å². The van der Waals surface area contributed by atoms with Gasteiger partial charge in [0.1, 0.15) is 0 Å². The zero-order chi connectivity index (χ0) is 11.8. The maximum Gasteiger partial charge on any atom is 0.317 e. The SMILES string of the molecule is CC(C)N1CC2(CCN(CC(=O)O)CC2)C1. The molecular weight excluding hydrogens is 204 g/mol. The number of hydrogen-bond acceptors (Lipinski definition) is 3. The van der Waals surface area contributed by atoms with Crippen LogP contribution >= 0.6 is 0 Å². The Morgan fingerprint density at radius 1 is 1.31 bits per heavy atom. The number of nitrogens with zero attached hydrogens (tertiary/aromatic N) is 2.